The van der Waals surface area contributed by atoms with Gasteiger partial charge in [0.2, 0.25) is 5.91 Å². The molecule has 41 heavy (non-hydrogen) atoms. The van der Waals surface area contributed by atoms with Crippen LogP contribution in [0, 0.1) is 5.92 Å². The number of nitrogens with zero attached hydrogens (tertiary/aromatic N) is 2. The summed E-state index contributed by atoms with van der Waals surface area (Å²) >= 11 is 0. The Morgan fingerprint density at radius 3 is 2.44 bits per heavy atom. The zero-order valence-electron chi connectivity index (χ0n) is 23.3. The number of ether oxygens (including phenoxy) is 2. The summed E-state index contributed by atoms with van der Waals surface area (Å²) < 4.78 is 48.9. The van der Waals surface area contributed by atoms with Crippen molar-refractivity contribution < 1.29 is 42.1 Å². The van der Waals surface area contributed by atoms with Crippen molar-refractivity contribution in [2.75, 3.05) is 44.5 Å². The number of methoxy groups -OCH3 is 1. The third kappa shape index (κ3) is 8.74. The molecule has 1 heterocycles. The number of anilines is 2. The highest BCUT2D eigenvalue weighted by atomic mass is 19.4. The van der Waals surface area contributed by atoms with Gasteiger partial charge < -0.3 is 35.0 Å². The van der Waals surface area contributed by atoms with E-state index in [9.17, 15) is 32.7 Å². The second-order valence-electron chi connectivity index (χ2n) is 10.0. The number of alkyl halides is 3. The Hall–Kier alpha value is -4.00. The summed E-state index contributed by atoms with van der Waals surface area (Å²) in [5.41, 5.74) is 0.768. The first-order valence-electron chi connectivity index (χ1n) is 13.1. The SMILES string of the molecule is COc1ccc(NC(=O)N(C)C[C@@H]2Oc3ccc(NC(=O)CCC(F)(F)F)cc3C(=O)N([C@H](C)CO)C[C@H]2C)cc1. The summed E-state index contributed by atoms with van der Waals surface area (Å²) in [4.78, 5) is 41.4. The van der Waals surface area contributed by atoms with Gasteiger partial charge in [-0.1, -0.05) is 6.92 Å². The fraction of sp³-hybridized carbons (Fsp3) is 0.464. The Labute approximate surface area is 236 Å². The molecule has 0 saturated heterocycles. The van der Waals surface area contributed by atoms with Gasteiger partial charge in [0.15, 0.2) is 0 Å². The summed E-state index contributed by atoms with van der Waals surface area (Å²) in [7, 11) is 3.15. The minimum atomic E-state index is -4.47. The van der Waals surface area contributed by atoms with Crippen molar-refractivity contribution in [2.24, 2.45) is 5.92 Å². The highest BCUT2D eigenvalue weighted by Gasteiger charge is 2.34. The van der Waals surface area contributed by atoms with Crippen molar-refractivity contribution >= 4 is 29.2 Å². The molecule has 0 spiro atoms. The summed E-state index contributed by atoms with van der Waals surface area (Å²) in [5, 5.41) is 15.0. The second-order valence-corrected chi connectivity index (χ2v) is 10.0. The quantitative estimate of drug-likeness (QED) is 0.406. The van der Waals surface area contributed by atoms with Gasteiger partial charge in [0.1, 0.15) is 17.6 Å². The summed E-state index contributed by atoms with van der Waals surface area (Å²) in [5.74, 6) is -0.757. The zero-order chi connectivity index (χ0) is 30.3. The molecule has 13 heteroatoms. The lowest BCUT2D eigenvalue weighted by Gasteiger charge is -2.38. The number of amides is 4. The van der Waals surface area contributed by atoms with E-state index in [1.807, 2.05) is 6.92 Å². The van der Waals surface area contributed by atoms with E-state index >= 15 is 0 Å². The van der Waals surface area contributed by atoms with Crippen molar-refractivity contribution in [2.45, 2.75) is 45.0 Å². The van der Waals surface area contributed by atoms with Crippen LogP contribution in [0.3, 0.4) is 0 Å². The van der Waals surface area contributed by atoms with Gasteiger partial charge in [-0.15, -0.1) is 0 Å². The zero-order valence-corrected chi connectivity index (χ0v) is 23.3. The molecule has 0 aliphatic carbocycles. The number of hydrogen-bond donors (Lipinski definition) is 3. The molecule has 3 atom stereocenters. The van der Waals surface area contributed by atoms with E-state index in [2.05, 4.69) is 10.6 Å². The number of benzene rings is 2. The highest BCUT2D eigenvalue weighted by molar-refractivity contribution is 6.00. The van der Waals surface area contributed by atoms with Crippen molar-refractivity contribution in [3.05, 3.63) is 48.0 Å². The van der Waals surface area contributed by atoms with E-state index in [1.165, 1.54) is 28.0 Å². The molecule has 3 rings (SSSR count). The van der Waals surface area contributed by atoms with Gasteiger partial charge in [0.05, 0.1) is 38.3 Å². The van der Waals surface area contributed by atoms with E-state index in [0.29, 0.717) is 11.4 Å². The fourth-order valence-electron chi connectivity index (χ4n) is 4.24. The van der Waals surface area contributed by atoms with Gasteiger partial charge in [0, 0.05) is 37.3 Å². The summed E-state index contributed by atoms with van der Waals surface area (Å²) in [6.45, 7) is 3.58. The summed E-state index contributed by atoms with van der Waals surface area (Å²) in [6, 6.07) is 10.1. The van der Waals surface area contributed by atoms with Gasteiger partial charge in [-0.25, -0.2) is 4.79 Å². The molecule has 0 fully saturated rings. The maximum atomic E-state index is 13.5. The average Bonchev–Trinajstić information content (AvgIpc) is 2.93. The van der Waals surface area contributed by atoms with Gasteiger partial charge in [0.25, 0.3) is 5.91 Å². The monoisotopic (exact) mass is 580 g/mol. The number of likely N-dealkylation sites (N-methyl/N-ethyl adjacent to an activating group) is 1. The minimum absolute atomic E-state index is 0.0705. The van der Waals surface area contributed by atoms with Crippen LogP contribution < -0.4 is 20.1 Å². The number of rotatable bonds is 9. The lowest BCUT2D eigenvalue weighted by molar-refractivity contribution is -0.142. The number of hydrogen-bond acceptors (Lipinski definition) is 6. The Morgan fingerprint density at radius 2 is 1.83 bits per heavy atom. The Bertz CT molecular complexity index is 1220. The molecular weight excluding hydrogens is 545 g/mol. The maximum absolute atomic E-state index is 13.5. The van der Waals surface area contributed by atoms with Gasteiger partial charge in [-0.05, 0) is 49.4 Å². The first-order chi connectivity index (χ1) is 19.3. The molecule has 2 aromatic carbocycles. The molecule has 4 amide bonds. The molecule has 0 unspecified atom stereocenters. The van der Waals surface area contributed by atoms with E-state index in [1.54, 1.807) is 45.3 Å². The predicted octanol–water partition coefficient (Wildman–Crippen LogP) is 4.36. The Balaban J connectivity index is 1.81. The van der Waals surface area contributed by atoms with Gasteiger partial charge in [-0.2, -0.15) is 13.2 Å². The van der Waals surface area contributed by atoms with Crippen LogP contribution in [0.1, 0.15) is 37.0 Å². The number of carbonyl (C=O) groups excluding carboxylic acids is 3. The molecule has 0 saturated carbocycles. The van der Waals surface area contributed by atoms with Crippen LogP contribution >= 0.6 is 0 Å². The van der Waals surface area contributed by atoms with Crippen molar-refractivity contribution in [1.82, 2.24) is 9.80 Å². The molecule has 10 nitrogen and oxygen atoms in total. The molecule has 2 aromatic rings. The van der Waals surface area contributed by atoms with Crippen molar-refractivity contribution in [3.63, 3.8) is 0 Å². The van der Waals surface area contributed by atoms with Crippen LogP contribution in [-0.2, 0) is 4.79 Å². The molecule has 1 aliphatic heterocycles. The lowest BCUT2D eigenvalue weighted by atomic mass is 9.99. The van der Waals surface area contributed by atoms with E-state index in [-0.39, 0.29) is 48.6 Å². The van der Waals surface area contributed by atoms with Crippen LogP contribution in [0.4, 0.5) is 29.3 Å². The molecule has 1 aliphatic rings. The average molecular weight is 581 g/mol. The van der Waals surface area contributed by atoms with Crippen molar-refractivity contribution in [3.8, 4) is 11.5 Å². The van der Waals surface area contributed by atoms with Crippen LogP contribution in [-0.4, -0.2) is 84.9 Å². The topological polar surface area (TPSA) is 120 Å². The van der Waals surface area contributed by atoms with Crippen LogP contribution in [0.25, 0.3) is 0 Å². The molecular formula is C28H35F3N4O6. The standard InChI is InChI=1S/C28H35F3N4O6/c1-17-14-35(18(2)16-36)26(38)22-13-20(32-25(37)11-12-28(29,30)31)7-10-23(22)41-24(17)15-34(3)27(39)33-19-5-8-21(40-4)9-6-19/h5-10,13,17-18,24,36H,11-12,14-16H2,1-4H3,(H,32,37)(H,33,39)/t17-,18-,24+/m1/s1. The maximum Gasteiger partial charge on any atom is 0.389 e. The van der Waals surface area contributed by atoms with E-state index in [4.69, 9.17) is 9.47 Å². The van der Waals surface area contributed by atoms with Crippen LogP contribution in [0.5, 0.6) is 11.5 Å². The van der Waals surface area contributed by atoms with E-state index < -0.39 is 43.0 Å². The van der Waals surface area contributed by atoms with Gasteiger partial charge >= 0.3 is 12.2 Å². The molecule has 224 valence electrons. The highest BCUT2D eigenvalue weighted by Crippen LogP contribution is 2.31. The number of urea groups is 1. The largest absolute Gasteiger partial charge is 0.497 e. The first-order valence-corrected chi connectivity index (χ1v) is 13.1. The lowest BCUT2D eigenvalue weighted by Crippen LogP contribution is -2.50. The third-order valence-electron chi connectivity index (χ3n) is 6.73. The van der Waals surface area contributed by atoms with Crippen LogP contribution in [0.2, 0.25) is 0 Å². The second kappa shape index (κ2) is 13.6. The Kier molecular flexibility index (Phi) is 10.4. The van der Waals surface area contributed by atoms with E-state index in [0.717, 1.165) is 0 Å². The Morgan fingerprint density at radius 1 is 1.17 bits per heavy atom. The number of carbonyl (C=O) groups is 3. The van der Waals surface area contributed by atoms with Gasteiger partial charge in [-0.3, -0.25) is 9.59 Å². The molecule has 0 aromatic heterocycles. The summed E-state index contributed by atoms with van der Waals surface area (Å²) in [6.07, 6.45) is -7.08. The fourth-order valence-corrected chi connectivity index (χ4v) is 4.24. The number of fused-ring (bicyclic) bond motifs is 1. The first kappa shape index (κ1) is 31.5. The van der Waals surface area contributed by atoms with Crippen molar-refractivity contribution in [1.29, 1.82) is 0 Å². The number of aliphatic hydroxyl groups is 1. The number of halogens is 3. The smallest absolute Gasteiger partial charge is 0.389 e. The third-order valence-corrected chi connectivity index (χ3v) is 6.73. The number of nitrogens with one attached hydrogen (secondary N) is 2. The normalized spacial score (nSPS) is 17.9. The minimum Gasteiger partial charge on any atom is -0.497 e. The predicted molar refractivity (Wildman–Crippen MR) is 146 cm³/mol. The molecule has 3 N–H and O–H groups in total. The molecule has 0 radical (unpaired) electrons. The molecule has 0 bridgehead atoms. The number of aliphatic hydroxyl groups excluding tert-OH is 1. The van der Waals surface area contributed by atoms with Crippen LogP contribution in [0.15, 0.2) is 42.5 Å².